The summed E-state index contributed by atoms with van der Waals surface area (Å²) in [5.74, 6) is -0.132. The van der Waals surface area contributed by atoms with Crippen LogP contribution < -0.4 is 0 Å². The lowest BCUT2D eigenvalue weighted by Gasteiger charge is -2.17. The van der Waals surface area contributed by atoms with Gasteiger partial charge in [-0.25, -0.2) is 13.4 Å². The molecule has 2 aromatic rings. The van der Waals surface area contributed by atoms with Gasteiger partial charge in [0.15, 0.2) is 10.6 Å². The number of rotatable bonds is 3. The molecular formula is C14H16N2O4S. The standard InChI is InChI=1S/C14H16N2O4S/c1-3-14(2)8-13(16-20-14)21(17,18)9-12-15-10-6-4-5-7-11(10)19-12/h4-7H,3,8-9H2,1-2H3. The van der Waals surface area contributed by atoms with E-state index in [2.05, 4.69) is 10.1 Å². The third-order valence-electron chi connectivity index (χ3n) is 3.65. The number of hydrogen-bond acceptors (Lipinski definition) is 6. The second-order valence-electron chi connectivity index (χ2n) is 5.39. The van der Waals surface area contributed by atoms with Crippen LogP contribution in [0.4, 0.5) is 0 Å². The molecule has 112 valence electrons. The van der Waals surface area contributed by atoms with Crippen LogP contribution in [-0.2, 0) is 20.4 Å². The van der Waals surface area contributed by atoms with E-state index in [1.165, 1.54) is 0 Å². The van der Waals surface area contributed by atoms with Crippen LogP contribution >= 0.6 is 0 Å². The molecule has 0 spiro atoms. The molecule has 1 aromatic carbocycles. The fourth-order valence-corrected chi connectivity index (χ4v) is 3.42. The van der Waals surface area contributed by atoms with Crippen molar-refractivity contribution >= 4 is 26.0 Å². The molecule has 21 heavy (non-hydrogen) atoms. The molecule has 0 saturated carbocycles. The highest BCUT2D eigenvalue weighted by atomic mass is 32.2. The van der Waals surface area contributed by atoms with Crippen molar-refractivity contribution in [3.05, 3.63) is 30.2 Å². The maximum Gasteiger partial charge on any atom is 0.211 e. The van der Waals surface area contributed by atoms with Crippen molar-refractivity contribution in [2.45, 2.75) is 38.0 Å². The fraction of sp³-hybridized carbons (Fsp3) is 0.429. The Labute approximate surface area is 122 Å². The first-order valence-electron chi connectivity index (χ1n) is 6.74. The van der Waals surface area contributed by atoms with Crippen molar-refractivity contribution < 1.29 is 17.7 Å². The van der Waals surface area contributed by atoms with Crippen molar-refractivity contribution in [1.82, 2.24) is 4.98 Å². The average molecular weight is 308 g/mol. The summed E-state index contributed by atoms with van der Waals surface area (Å²) >= 11 is 0. The molecule has 7 heteroatoms. The lowest BCUT2D eigenvalue weighted by molar-refractivity contribution is -0.00604. The van der Waals surface area contributed by atoms with Crippen LogP contribution in [0.2, 0.25) is 0 Å². The molecule has 1 aliphatic rings. The Morgan fingerprint density at radius 1 is 1.33 bits per heavy atom. The Morgan fingerprint density at radius 3 is 2.76 bits per heavy atom. The number of oxazole rings is 1. The number of nitrogens with zero attached hydrogens (tertiary/aromatic N) is 2. The van der Waals surface area contributed by atoms with Gasteiger partial charge in [0, 0.05) is 6.42 Å². The van der Waals surface area contributed by atoms with Gasteiger partial charge in [0.25, 0.3) is 0 Å². The van der Waals surface area contributed by atoms with Gasteiger partial charge in [-0.1, -0.05) is 24.2 Å². The number of para-hydroxylation sites is 2. The summed E-state index contributed by atoms with van der Waals surface area (Å²) in [5, 5.41) is 3.80. The van der Waals surface area contributed by atoms with E-state index in [1.807, 2.05) is 26.0 Å². The molecule has 6 nitrogen and oxygen atoms in total. The van der Waals surface area contributed by atoms with Crippen molar-refractivity contribution in [2.75, 3.05) is 0 Å². The van der Waals surface area contributed by atoms with E-state index in [-0.39, 0.29) is 23.1 Å². The second-order valence-corrected chi connectivity index (χ2v) is 7.38. The quantitative estimate of drug-likeness (QED) is 0.870. The zero-order valence-electron chi connectivity index (χ0n) is 11.9. The number of aromatic nitrogens is 1. The van der Waals surface area contributed by atoms with Gasteiger partial charge in [-0.15, -0.1) is 0 Å². The highest BCUT2D eigenvalue weighted by Crippen LogP contribution is 2.29. The van der Waals surface area contributed by atoms with Gasteiger partial charge in [-0.2, -0.15) is 0 Å². The molecule has 1 unspecified atom stereocenters. The summed E-state index contributed by atoms with van der Waals surface area (Å²) in [6, 6.07) is 7.17. The van der Waals surface area contributed by atoms with Gasteiger partial charge in [-0.05, 0) is 25.5 Å². The van der Waals surface area contributed by atoms with E-state index >= 15 is 0 Å². The van der Waals surface area contributed by atoms with Crippen LogP contribution in [0.3, 0.4) is 0 Å². The maximum atomic E-state index is 12.4. The third kappa shape index (κ3) is 2.65. The first-order valence-corrected chi connectivity index (χ1v) is 8.39. The predicted molar refractivity (Wildman–Crippen MR) is 78.5 cm³/mol. The summed E-state index contributed by atoms with van der Waals surface area (Å²) in [5.41, 5.74) is 0.681. The summed E-state index contributed by atoms with van der Waals surface area (Å²) in [7, 11) is -3.57. The molecule has 0 amide bonds. The highest BCUT2D eigenvalue weighted by Gasteiger charge is 2.38. The minimum Gasteiger partial charge on any atom is -0.440 e. The van der Waals surface area contributed by atoms with Crippen LogP contribution in [0.5, 0.6) is 0 Å². The number of sulfone groups is 1. The van der Waals surface area contributed by atoms with Gasteiger partial charge < -0.3 is 9.25 Å². The fourth-order valence-electron chi connectivity index (χ4n) is 2.13. The van der Waals surface area contributed by atoms with E-state index in [4.69, 9.17) is 9.25 Å². The molecule has 2 heterocycles. The minimum atomic E-state index is -3.57. The highest BCUT2D eigenvalue weighted by molar-refractivity contribution is 8.05. The number of fused-ring (bicyclic) bond motifs is 1. The molecule has 0 aliphatic carbocycles. The Hall–Kier alpha value is -1.89. The molecule has 1 atom stereocenters. The SMILES string of the molecule is CCC1(C)CC(S(=O)(=O)Cc2nc3ccccc3o2)=NO1. The zero-order valence-corrected chi connectivity index (χ0v) is 12.7. The van der Waals surface area contributed by atoms with Crippen LogP contribution in [0.25, 0.3) is 11.1 Å². The molecule has 0 bridgehead atoms. The Morgan fingerprint density at radius 2 is 2.10 bits per heavy atom. The van der Waals surface area contributed by atoms with Crippen LogP contribution in [0, 0.1) is 0 Å². The second kappa shape index (κ2) is 4.84. The van der Waals surface area contributed by atoms with Crippen molar-refractivity contribution in [3.63, 3.8) is 0 Å². The van der Waals surface area contributed by atoms with Crippen LogP contribution in [0.15, 0.2) is 33.8 Å². The Bertz CT molecular complexity index is 776. The van der Waals surface area contributed by atoms with E-state index in [1.54, 1.807) is 12.1 Å². The minimum absolute atomic E-state index is 0.0640. The summed E-state index contributed by atoms with van der Waals surface area (Å²) in [6.07, 6.45) is 0.977. The predicted octanol–water partition coefficient (Wildman–Crippen LogP) is 2.65. The number of oxime groups is 1. The molecule has 0 radical (unpaired) electrons. The lowest BCUT2D eigenvalue weighted by atomic mass is 10.0. The first kappa shape index (κ1) is 14.1. The van der Waals surface area contributed by atoms with Gasteiger partial charge in [-0.3, -0.25) is 0 Å². The Kier molecular flexibility index (Phi) is 3.24. The first-order chi connectivity index (χ1) is 9.92. The lowest BCUT2D eigenvalue weighted by Crippen LogP contribution is -2.26. The number of benzene rings is 1. The smallest absolute Gasteiger partial charge is 0.211 e. The van der Waals surface area contributed by atoms with E-state index in [0.717, 1.165) is 0 Å². The molecule has 0 saturated heterocycles. The molecule has 1 aliphatic heterocycles. The van der Waals surface area contributed by atoms with Gasteiger partial charge in [0.2, 0.25) is 15.7 Å². The molecule has 3 rings (SSSR count). The van der Waals surface area contributed by atoms with Crippen LogP contribution in [0.1, 0.15) is 32.6 Å². The van der Waals surface area contributed by atoms with Gasteiger partial charge in [0.05, 0.1) is 0 Å². The van der Waals surface area contributed by atoms with Crippen molar-refractivity contribution in [1.29, 1.82) is 0 Å². The largest absolute Gasteiger partial charge is 0.440 e. The third-order valence-corrected chi connectivity index (χ3v) is 5.22. The van der Waals surface area contributed by atoms with Gasteiger partial charge in [0.1, 0.15) is 16.9 Å². The monoisotopic (exact) mass is 308 g/mol. The molecule has 0 fully saturated rings. The van der Waals surface area contributed by atoms with Crippen molar-refractivity contribution in [2.24, 2.45) is 5.16 Å². The van der Waals surface area contributed by atoms with E-state index < -0.39 is 15.4 Å². The number of hydrogen-bond donors (Lipinski definition) is 0. The molecular weight excluding hydrogens is 292 g/mol. The summed E-state index contributed by atoms with van der Waals surface area (Å²) < 4.78 is 30.2. The van der Waals surface area contributed by atoms with Gasteiger partial charge >= 0.3 is 0 Å². The van der Waals surface area contributed by atoms with Crippen LogP contribution in [-0.4, -0.2) is 24.0 Å². The topological polar surface area (TPSA) is 81.8 Å². The zero-order chi connectivity index (χ0) is 15.1. The average Bonchev–Trinajstić information content (AvgIpc) is 3.02. The summed E-state index contributed by atoms with van der Waals surface area (Å²) in [4.78, 5) is 9.43. The van der Waals surface area contributed by atoms with Crippen molar-refractivity contribution in [3.8, 4) is 0 Å². The molecule has 1 aromatic heterocycles. The normalized spacial score (nSPS) is 22.3. The maximum absolute atomic E-state index is 12.4. The van der Waals surface area contributed by atoms with E-state index in [0.29, 0.717) is 17.5 Å². The summed E-state index contributed by atoms with van der Waals surface area (Å²) in [6.45, 7) is 3.78. The van der Waals surface area contributed by atoms with E-state index in [9.17, 15) is 8.42 Å². The Balaban J connectivity index is 1.83. The molecule has 0 N–H and O–H groups in total.